The van der Waals surface area contributed by atoms with Gasteiger partial charge in [0.05, 0.1) is 6.54 Å². The van der Waals surface area contributed by atoms with Gasteiger partial charge in [0.1, 0.15) is 0 Å². The number of guanidine groups is 1. The van der Waals surface area contributed by atoms with Crippen molar-refractivity contribution in [2.45, 2.75) is 26.3 Å². The van der Waals surface area contributed by atoms with E-state index in [0.29, 0.717) is 13.3 Å². The minimum absolute atomic E-state index is 0.308. The van der Waals surface area contributed by atoms with Gasteiger partial charge in [0.2, 0.25) is 6.79 Å². The smallest absolute Gasteiger partial charge is 0.231 e. The molecule has 1 aromatic rings. The molecule has 0 aromatic heterocycles. The first-order valence-corrected chi connectivity index (χ1v) is 8.84. The Balaban J connectivity index is 1.53. The molecule has 1 aromatic carbocycles. The molecule has 0 saturated carbocycles. The van der Waals surface area contributed by atoms with Crippen molar-refractivity contribution in [1.29, 1.82) is 0 Å². The normalized spacial score (nSPS) is 18.7. The van der Waals surface area contributed by atoms with Gasteiger partial charge in [0, 0.05) is 13.1 Å². The van der Waals surface area contributed by atoms with Gasteiger partial charge in [-0.2, -0.15) is 0 Å². The summed E-state index contributed by atoms with van der Waals surface area (Å²) < 4.78 is 10.8. The average Bonchev–Trinajstić information content (AvgIpc) is 3.06. The first kappa shape index (κ1) is 16.9. The van der Waals surface area contributed by atoms with Crippen molar-refractivity contribution in [1.82, 2.24) is 15.5 Å². The molecule has 0 unspecified atom stereocenters. The Hall–Kier alpha value is -1.95. The molecule has 0 bridgehead atoms. The Morgan fingerprint density at radius 3 is 2.79 bits per heavy atom. The molecule has 0 atom stereocenters. The Morgan fingerprint density at radius 1 is 1.21 bits per heavy atom. The van der Waals surface area contributed by atoms with Gasteiger partial charge in [0.15, 0.2) is 17.5 Å². The maximum absolute atomic E-state index is 5.42. The van der Waals surface area contributed by atoms with Gasteiger partial charge in [-0.05, 0) is 63.5 Å². The van der Waals surface area contributed by atoms with Crippen LogP contribution in [0.2, 0.25) is 0 Å². The van der Waals surface area contributed by atoms with Crippen LogP contribution in [0.25, 0.3) is 0 Å². The van der Waals surface area contributed by atoms with E-state index in [0.717, 1.165) is 42.0 Å². The zero-order valence-corrected chi connectivity index (χ0v) is 14.7. The molecule has 0 amide bonds. The Bertz CT molecular complexity index is 568. The second-order valence-corrected chi connectivity index (χ2v) is 6.51. The van der Waals surface area contributed by atoms with E-state index in [2.05, 4.69) is 29.5 Å². The van der Waals surface area contributed by atoms with Crippen LogP contribution in [0.15, 0.2) is 23.2 Å². The second-order valence-electron chi connectivity index (χ2n) is 6.51. The van der Waals surface area contributed by atoms with Gasteiger partial charge >= 0.3 is 0 Å². The molecule has 132 valence electrons. The Labute approximate surface area is 144 Å². The molecule has 2 heterocycles. The molecule has 0 radical (unpaired) electrons. The van der Waals surface area contributed by atoms with Gasteiger partial charge in [-0.3, -0.25) is 0 Å². The van der Waals surface area contributed by atoms with Crippen molar-refractivity contribution in [3.63, 3.8) is 0 Å². The molecule has 6 heteroatoms. The Morgan fingerprint density at radius 2 is 2.00 bits per heavy atom. The van der Waals surface area contributed by atoms with Crippen LogP contribution in [0.1, 0.15) is 25.3 Å². The number of rotatable bonds is 5. The van der Waals surface area contributed by atoms with Crippen molar-refractivity contribution >= 4 is 5.96 Å². The molecule has 0 spiro atoms. The van der Waals surface area contributed by atoms with E-state index in [9.17, 15) is 0 Å². The molecule has 1 saturated heterocycles. The lowest BCUT2D eigenvalue weighted by Crippen LogP contribution is -2.42. The highest BCUT2D eigenvalue weighted by atomic mass is 16.7. The van der Waals surface area contributed by atoms with Crippen molar-refractivity contribution in [3.8, 4) is 11.5 Å². The number of hydrogen-bond donors (Lipinski definition) is 2. The minimum atomic E-state index is 0.308. The molecule has 24 heavy (non-hydrogen) atoms. The molecule has 3 rings (SSSR count). The number of nitrogens with one attached hydrogen (secondary N) is 2. The maximum atomic E-state index is 5.42. The van der Waals surface area contributed by atoms with Crippen molar-refractivity contribution in [2.24, 2.45) is 10.9 Å². The number of ether oxygens (including phenoxy) is 2. The van der Waals surface area contributed by atoms with Gasteiger partial charge < -0.3 is 25.0 Å². The van der Waals surface area contributed by atoms with Crippen molar-refractivity contribution in [3.05, 3.63) is 23.8 Å². The fourth-order valence-electron chi connectivity index (χ4n) is 3.06. The lowest BCUT2D eigenvalue weighted by atomic mass is 9.97. The molecule has 2 aliphatic heterocycles. The number of aliphatic imine (C=N–C) groups is 1. The van der Waals surface area contributed by atoms with E-state index in [1.165, 1.54) is 25.9 Å². The fraction of sp³-hybridized carbons (Fsp3) is 0.611. The number of hydrogen-bond acceptors (Lipinski definition) is 4. The van der Waals surface area contributed by atoms with Gasteiger partial charge in [-0.1, -0.05) is 6.07 Å². The van der Waals surface area contributed by atoms with Crippen LogP contribution in [-0.2, 0) is 6.54 Å². The van der Waals surface area contributed by atoms with Crippen LogP contribution in [0, 0.1) is 5.92 Å². The average molecular weight is 332 g/mol. The summed E-state index contributed by atoms with van der Waals surface area (Å²) in [5.41, 5.74) is 1.12. The van der Waals surface area contributed by atoms with E-state index in [4.69, 9.17) is 14.5 Å². The first-order valence-electron chi connectivity index (χ1n) is 8.84. The van der Waals surface area contributed by atoms with Crippen molar-refractivity contribution < 1.29 is 9.47 Å². The highest BCUT2D eigenvalue weighted by Gasteiger charge is 2.17. The van der Waals surface area contributed by atoms with Gasteiger partial charge in [-0.15, -0.1) is 0 Å². The molecule has 1 fully saturated rings. The lowest BCUT2D eigenvalue weighted by molar-refractivity contribution is 0.174. The number of fused-ring (bicyclic) bond motifs is 1. The summed E-state index contributed by atoms with van der Waals surface area (Å²) in [6.07, 6.45) is 2.51. The quantitative estimate of drug-likeness (QED) is 0.636. The first-order chi connectivity index (χ1) is 11.7. The third-order valence-electron chi connectivity index (χ3n) is 4.60. The zero-order valence-electron chi connectivity index (χ0n) is 14.7. The Kier molecular flexibility index (Phi) is 5.80. The summed E-state index contributed by atoms with van der Waals surface area (Å²) in [5.74, 6) is 3.24. The molecular formula is C18H28N4O2. The molecular weight excluding hydrogens is 304 g/mol. The predicted octanol–water partition coefficient (Wildman–Crippen LogP) is 1.81. The van der Waals surface area contributed by atoms with E-state index in [1.807, 2.05) is 18.2 Å². The zero-order chi connectivity index (χ0) is 16.8. The summed E-state index contributed by atoms with van der Waals surface area (Å²) in [7, 11) is 2.19. The monoisotopic (exact) mass is 332 g/mol. The lowest BCUT2D eigenvalue weighted by Gasteiger charge is -2.29. The number of piperidine rings is 1. The molecule has 2 N–H and O–H groups in total. The fourth-order valence-corrected chi connectivity index (χ4v) is 3.06. The largest absolute Gasteiger partial charge is 0.454 e. The summed E-state index contributed by atoms with van der Waals surface area (Å²) in [5, 5.41) is 6.82. The van der Waals surface area contributed by atoms with E-state index >= 15 is 0 Å². The van der Waals surface area contributed by atoms with Crippen molar-refractivity contribution in [2.75, 3.05) is 40.0 Å². The maximum Gasteiger partial charge on any atom is 0.231 e. The number of benzene rings is 1. The topological polar surface area (TPSA) is 58.1 Å². The minimum Gasteiger partial charge on any atom is -0.454 e. The number of nitrogens with zero attached hydrogens (tertiary/aromatic N) is 2. The highest BCUT2D eigenvalue weighted by Crippen LogP contribution is 2.32. The predicted molar refractivity (Wildman–Crippen MR) is 95.6 cm³/mol. The number of likely N-dealkylation sites (tertiary alicyclic amines) is 1. The van der Waals surface area contributed by atoms with Crippen LogP contribution in [0.5, 0.6) is 11.5 Å². The standard InChI is InChI=1S/C18H28N4O2/c1-3-19-18(20-11-14-6-8-22(2)9-7-14)21-12-15-4-5-16-17(10-15)24-13-23-16/h4-5,10,14H,3,6-9,11-13H2,1-2H3,(H2,19,20,21). The summed E-state index contributed by atoms with van der Waals surface area (Å²) >= 11 is 0. The third kappa shape index (κ3) is 4.54. The summed E-state index contributed by atoms with van der Waals surface area (Å²) in [4.78, 5) is 7.09. The van der Waals surface area contributed by atoms with Crippen LogP contribution in [-0.4, -0.2) is 50.9 Å². The SMILES string of the molecule is CCNC(=NCc1ccc2c(c1)OCO2)NCC1CCN(C)CC1. The van der Waals surface area contributed by atoms with Gasteiger partial charge in [0.25, 0.3) is 0 Å². The highest BCUT2D eigenvalue weighted by molar-refractivity contribution is 5.79. The van der Waals surface area contributed by atoms with Crippen LogP contribution in [0.4, 0.5) is 0 Å². The van der Waals surface area contributed by atoms with E-state index in [1.54, 1.807) is 0 Å². The van der Waals surface area contributed by atoms with Crippen LogP contribution < -0.4 is 20.1 Å². The molecule has 2 aliphatic rings. The van der Waals surface area contributed by atoms with E-state index < -0.39 is 0 Å². The van der Waals surface area contributed by atoms with Gasteiger partial charge in [-0.25, -0.2) is 4.99 Å². The summed E-state index contributed by atoms with van der Waals surface area (Å²) in [6.45, 7) is 7.26. The summed E-state index contributed by atoms with van der Waals surface area (Å²) in [6, 6.07) is 6.00. The third-order valence-corrected chi connectivity index (χ3v) is 4.60. The van der Waals surface area contributed by atoms with Crippen LogP contribution in [0.3, 0.4) is 0 Å². The molecule has 6 nitrogen and oxygen atoms in total. The van der Waals surface area contributed by atoms with Crippen LogP contribution >= 0.6 is 0 Å². The second kappa shape index (κ2) is 8.24. The molecule has 0 aliphatic carbocycles. The van der Waals surface area contributed by atoms with E-state index in [-0.39, 0.29) is 0 Å².